The van der Waals surface area contributed by atoms with Crippen molar-refractivity contribution in [3.05, 3.63) is 46.8 Å². The van der Waals surface area contributed by atoms with E-state index < -0.39 is 9.84 Å². The molecule has 0 N–H and O–H groups in total. The molecule has 1 heterocycles. The lowest BCUT2D eigenvalue weighted by Gasteiger charge is -2.10. The van der Waals surface area contributed by atoms with Crippen LogP contribution in [0.2, 0.25) is 0 Å². The molecule has 0 bridgehead atoms. The van der Waals surface area contributed by atoms with Gasteiger partial charge in [0, 0.05) is 12.2 Å². The number of rotatable bonds is 6. The predicted molar refractivity (Wildman–Crippen MR) is 88.7 cm³/mol. The molecular weight excluding hydrogens is 296 g/mol. The minimum atomic E-state index is -3.44. The molecule has 0 aliphatic heterocycles. The van der Waals surface area contributed by atoms with Crippen molar-refractivity contribution in [3.8, 4) is 0 Å². The highest BCUT2D eigenvalue weighted by atomic mass is 32.2. The van der Waals surface area contributed by atoms with E-state index in [-0.39, 0.29) is 10.9 Å². The van der Waals surface area contributed by atoms with Gasteiger partial charge in [0.05, 0.1) is 11.4 Å². The van der Waals surface area contributed by atoms with Gasteiger partial charge in [-0.3, -0.25) is 0 Å². The number of unbranched alkanes of at least 4 members (excludes halogenated alkanes) is 1. The quantitative estimate of drug-likeness (QED) is 0.817. The Morgan fingerprint density at radius 2 is 1.91 bits per heavy atom. The van der Waals surface area contributed by atoms with E-state index >= 15 is 0 Å². The first-order valence-corrected chi connectivity index (χ1v) is 9.32. The molecule has 0 unspecified atom stereocenters. The summed E-state index contributed by atoms with van der Waals surface area (Å²) in [6.07, 6.45) is 1.97. The molecule has 0 spiro atoms. The van der Waals surface area contributed by atoms with E-state index in [2.05, 4.69) is 11.9 Å². The molecule has 0 aliphatic rings. The second-order valence-electron chi connectivity index (χ2n) is 5.82. The van der Waals surface area contributed by atoms with Gasteiger partial charge in [0.15, 0.2) is 0 Å². The summed E-state index contributed by atoms with van der Waals surface area (Å²) in [5.41, 5.74) is 3.60. The van der Waals surface area contributed by atoms with Gasteiger partial charge >= 0.3 is 0 Å². The predicted octanol–water partition coefficient (Wildman–Crippen LogP) is 3.58. The third-order valence-corrected chi connectivity index (χ3v) is 5.46. The Labute approximate surface area is 133 Å². The zero-order valence-electron chi connectivity index (χ0n) is 13.8. The lowest BCUT2D eigenvalue weighted by atomic mass is 10.2. The lowest BCUT2D eigenvalue weighted by molar-refractivity contribution is 0.538. The van der Waals surface area contributed by atoms with E-state index in [0.29, 0.717) is 6.54 Å². The van der Waals surface area contributed by atoms with Gasteiger partial charge in [0.1, 0.15) is 0 Å². The van der Waals surface area contributed by atoms with Gasteiger partial charge in [-0.2, -0.15) is 0 Å². The largest absolute Gasteiger partial charge is 0.319 e. The highest BCUT2D eigenvalue weighted by Crippen LogP contribution is 2.20. The van der Waals surface area contributed by atoms with Crippen LogP contribution < -0.4 is 0 Å². The smallest absolute Gasteiger partial charge is 0.228 e. The Morgan fingerprint density at radius 1 is 1.18 bits per heavy atom. The summed E-state index contributed by atoms with van der Waals surface area (Å²) in [6, 6.07) is 7.62. The topological polar surface area (TPSA) is 52.0 Å². The molecule has 2 rings (SSSR count). The first-order chi connectivity index (χ1) is 10.3. The molecule has 0 amide bonds. The Morgan fingerprint density at radius 3 is 2.55 bits per heavy atom. The molecule has 0 saturated heterocycles. The van der Waals surface area contributed by atoms with Gasteiger partial charge in [0.2, 0.25) is 15.0 Å². The number of benzene rings is 1. The Kier molecular flexibility index (Phi) is 5.06. The van der Waals surface area contributed by atoms with Crippen LogP contribution in [0.4, 0.5) is 0 Å². The first-order valence-electron chi connectivity index (χ1n) is 7.67. The average Bonchev–Trinajstić information content (AvgIpc) is 2.73. The Balaban J connectivity index is 2.39. The van der Waals surface area contributed by atoms with Crippen LogP contribution in [0.15, 0.2) is 29.4 Å². The fourth-order valence-corrected chi connectivity index (χ4v) is 4.11. The van der Waals surface area contributed by atoms with Crippen molar-refractivity contribution < 1.29 is 8.42 Å². The number of sulfone groups is 1. The van der Waals surface area contributed by atoms with E-state index in [9.17, 15) is 8.42 Å². The average molecular weight is 320 g/mol. The summed E-state index contributed by atoms with van der Waals surface area (Å²) in [7, 11) is -3.44. The molecule has 0 fully saturated rings. The van der Waals surface area contributed by atoms with E-state index in [1.807, 2.05) is 49.6 Å². The van der Waals surface area contributed by atoms with Crippen molar-refractivity contribution in [2.45, 2.75) is 58.0 Å². The lowest BCUT2D eigenvalue weighted by Crippen LogP contribution is -2.14. The van der Waals surface area contributed by atoms with Crippen molar-refractivity contribution >= 4 is 9.84 Å². The molecular formula is C17H24N2O2S. The van der Waals surface area contributed by atoms with Gasteiger partial charge < -0.3 is 4.57 Å². The maximum absolute atomic E-state index is 12.8. The van der Waals surface area contributed by atoms with E-state index in [1.165, 1.54) is 0 Å². The van der Waals surface area contributed by atoms with Crippen LogP contribution in [-0.4, -0.2) is 18.0 Å². The third kappa shape index (κ3) is 3.58. The third-order valence-electron chi connectivity index (χ3n) is 3.88. The zero-order chi connectivity index (χ0) is 16.3. The summed E-state index contributed by atoms with van der Waals surface area (Å²) in [4.78, 5) is 4.33. The summed E-state index contributed by atoms with van der Waals surface area (Å²) in [5, 5.41) is 0.206. The number of aromatic nitrogens is 2. The Bertz CT molecular complexity index is 761. The molecule has 1 aromatic heterocycles. The normalized spacial score (nSPS) is 11.8. The maximum atomic E-state index is 12.8. The van der Waals surface area contributed by atoms with Gasteiger partial charge in [-0.25, -0.2) is 13.4 Å². The SMILES string of the molecule is CCCCn1c(S(=O)(=O)Cc2cccc(C)c2)nc(C)c1C. The van der Waals surface area contributed by atoms with Crippen LogP contribution in [0.5, 0.6) is 0 Å². The molecule has 1 aromatic carbocycles. The maximum Gasteiger partial charge on any atom is 0.228 e. The summed E-state index contributed by atoms with van der Waals surface area (Å²) in [6.45, 7) is 8.56. The van der Waals surface area contributed by atoms with Gasteiger partial charge in [0.25, 0.3) is 0 Å². The molecule has 0 radical (unpaired) electrons. The number of imidazole rings is 1. The van der Waals surface area contributed by atoms with Crippen LogP contribution in [0.25, 0.3) is 0 Å². The van der Waals surface area contributed by atoms with Gasteiger partial charge in [-0.15, -0.1) is 0 Å². The van der Waals surface area contributed by atoms with Crippen LogP contribution in [0.1, 0.15) is 42.3 Å². The zero-order valence-corrected chi connectivity index (χ0v) is 14.6. The van der Waals surface area contributed by atoms with Crippen molar-refractivity contribution in [3.63, 3.8) is 0 Å². The summed E-state index contributed by atoms with van der Waals surface area (Å²) < 4.78 is 27.4. The molecule has 4 nitrogen and oxygen atoms in total. The number of nitrogens with zero attached hydrogens (tertiary/aromatic N) is 2. The molecule has 0 aliphatic carbocycles. The monoisotopic (exact) mass is 320 g/mol. The fourth-order valence-electron chi connectivity index (χ4n) is 2.53. The second kappa shape index (κ2) is 6.65. The first kappa shape index (κ1) is 16.7. The highest BCUT2D eigenvalue weighted by Gasteiger charge is 2.24. The van der Waals surface area contributed by atoms with Crippen molar-refractivity contribution in [1.29, 1.82) is 0 Å². The molecule has 22 heavy (non-hydrogen) atoms. The summed E-state index contributed by atoms with van der Waals surface area (Å²) >= 11 is 0. The number of hydrogen-bond donors (Lipinski definition) is 0. The van der Waals surface area contributed by atoms with Crippen LogP contribution in [0.3, 0.4) is 0 Å². The molecule has 5 heteroatoms. The van der Waals surface area contributed by atoms with Gasteiger partial charge in [-0.05, 0) is 32.8 Å². The fraction of sp³-hybridized carbons (Fsp3) is 0.471. The minimum absolute atomic E-state index is 0.00328. The Hall–Kier alpha value is -1.62. The number of aryl methyl sites for hydroxylation is 2. The van der Waals surface area contributed by atoms with Gasteiger partial charge in [-0.1, -0.05) is 43.2 Å². The summed E-state index contributed by atoms with van der Waals surface area (Å²) in [5.74, 6) is -0.00328. The molecule has 120 valence electrons. The van der Waals surface area contributed by atoms with E-state index in [1.54, 1.807) is 0 Å². The van der Waals surface area contributed by atoms with Crippen molar-refractivity contribution in [2.75, 3.05) is 0 Å². The minimum Gasteiger partial charge on any atom is -0.319 e. The highest BCUT2D eigenvalue weighted by molar-refractivity contribution is 7.90. The second-order valence-corrected chi connectivity index (χ2v) is 7.70. The molecule has 2 aromatic rings. The van der Waals surface area contributed by atoms with Crippen LogP contribution in [-0.2, 0) is 22.1 Å². The molecule has 0 saturated carbocycles. The van der Waals surface area contributed by atoms with Crippen molar-refractivity contribution in [1.82, 2.24) is 9.55 Å². The standard InChI is InChI=1S/C17H24N2O2S/c1-5-6-10-19-15(4)14(3)18-17(19)22(20,21)12-16-9-7-8-13(2)11-16/h7-9,11H,5-6,10,12H2,1-4H3. The van der Waals surface area contributed by atoms with E-state index in [0.717, 1.165) is 35.4 Å². The van der Waals surface area contributed by atoms with E-state index in [4.69, 9.17) is 0 Å². The number of hydrogen-bond acceptors (Lipinski definition) is 3. The van der Waals surface area contributed by atoms with Crippen molar-refractivity contribution in [2.24, 2.45) is 0 Å². The molecule has 0 atom stereocenters. The van der Waals surface area contributed by atoms with Crippen LogP contribution >= 0.6 is 0 Å². The van der Waals surface area contributed by atoms with Crippen LogP contribution in [0, 0.1) is 20.8 Å².